The van der Waals surface area contributed by atoms with Crippen molar-refractivity contribution in [3.63, 3.8) is 0 Å². The van der Waals surface area contributed by atoms with E-state index in [0.29, 0.717) is 39.0 Å². The molecule has 0 bridgehead atoms. The lowest BCUT2D eigenvalue weighted by Gasteiger charge is -2.33. The van der Waals surface area contributed by atoms with Crippen LogP contribution in [-0.4, -0.2) is 48.6 Å². The van der Waals surface area contributed by atoms with Crippen LogP contribution < -0.4 is 14.8 Å². The van der Waals surface area contributed by atoms with E-state index in [2.05, 4.69) is 17.4 Å². The molecule has 35 heavy (non-hydrogen) atoms. The van der Waals surface area contributed by atoms with E-state index < -0.39 is 6.04 Å². The first-order valence-corrected chi connectivity index (χ1v) is 13.2. The van der Waals surface area contributed by atoms with Gasteiger partial charge in [0, 0.05) is 19.0 Å². The normalized spacial score (nSPS) is 16.4. The molecule has 1 aliphatic heterocycles. The molecule has 2 amide bonds. The summed E-state index contributed by atoms with van der Waals surface area (Å²) in [7, 11) is 0. The van der Waals surface area contributed by atoms with Gasteiger partial charge in [0.25, 0.3) is 0 Å². The highest BCUT2D eigenvalue weighted by molar-refractivity contribution is 5.88. The van der Waals surface area contributed by atoms with Crippen molar-refractivity contribution in [2.75, 3.05) is 19.8 Å². The Morgan fingerprint density at radius 2 is 1.69 bits per heavy atom. The molecular formula is C29H38N2O4. The molecule has 6 heteroatoms. The molecule has 1 heterocycles. The zero-order valence-electron chi connectivity index (χ0n) is 20.8. The first-order valence-electron chi connectivity index (χ1n) is 13.2. The van der Waals surface area contributed by atoms with E-state index in [9.17, 15) is 9.59 Å². The first kappa shape index (κ1) is 25.1. The number of benzene rings is 2. The molecule has 1 saturated carbocycles. The third-order valence-corrected chi connectivity index (χ3v) is 7.06. The van der Waals surface area contributed by atoms with Crippen LogP contribution >= 0.6 is 0 Å². The molecule has 6 nitrogen and oxygen atoms in total. The van der Waals surface area contributed by atoms with Crippen LogP contribution in [0.25, 0.3) is 0 Å². The van der Waals surface area contributed by atoms with Gasteiger partial charge < -0.3 is 19.7 Å². The Balaban J connectivity index is 1.43. The summed E-state index contributed by atoms with van der Waals surface area (Å²) in [5, 5.41) is 3.25. The maximum Gasteiger partial charge on any atom is 0.243 e. The van der Waals surface area contributed by atoms with Crippen LogP contribution in [0.4, 0.5) is 0 Å². The molecule has 2 aliphatic rings. The molecular weight excluding hydrogens is 440 g/mol. The van der Waals surface area contributed by atoms with Crippen molar-refractivity contribution < 1.29 is 19.1 Å². The molecule has 0 saturated heterocycles. The summed E-state index contributed by atoms with van der Waals surface area (Å²) in [4.78, 5) is 28.6. The van der Waals surface area contributed by atoms with E-state index in [-0.39, 0.29) is 17.9 Å². The Labute approximate surface area is 209 Å². The predicted molar refractivity (Wildman–Crippen MR) is 137 cm³/mol. The molecule has 1 fully saturated rings. The van der Waals surface area contributed by atoms with Crippen LogP contribution in [0, 0.1) is 0 Å². The number of hydrogen-bond acceptors (Lipinski definition) is 4. The van der Waals surface area contributed by atoms with Gasteiger partial charge in [0.2, 0.25) is 11.8 Å². The smallest absolute Gasteiger partial charge is 0.243 e. The molecule has 0 radical (unpaired) electrons. The third-order valence-electron chi connectivity index (χ3n) is 7.06. The Hall–Kier alpha value is -3.02. The highest BCUT2D eigenvalue weighted by Crippen LogP contribution is 2.31. The number of carbonyl (C=O) groups is 2. The fourth-order valence-corrected chi connectivity index (χ4v) is 5.08. The van der Waals surface area contributed by atoms with Gasteiger partial charge >= 0.3 is 0 Å². The molecule has 4 rings (SSSR count). The first-order chi connectivity index (χ1) is 17.1. The van der Waals surface area contributed by atoms with Crippen LogP contribution in [0.3, 0.4) is 0 Å². The largest absolute Gasteiger partial charge is 0.486 e. The lowest BCUT2D eigenvalue weighted by Crippen LogP contribution is -2.52. The lowest BCUT2D eigenvalue weighted by atomic mass is 9.95. The maximum absolute atomic E-state index is 13.5. The highest BCUT2D eigenvalue weighted by atomic mass is 16.6. The lowest BCUT2D eigenvalue weighted by molar-refractivity contribution is -0.141. The topological polar surface area (TPSA) is 67.9 Å². The Kier molecular flexibility index (Phi) is 9.04. The number of hydrogen-bond donors (Lipinski definition) is 1. The number of nitrogens with one attached hydrogen (secondary N) is 1. The second-order valence-electron chi connectivity index (χ2n) is 9.57. The SMILES string of the molecule is CC[C@@H](C(=O)NC1CCCCC1)N(CCc1ccccc1)C(=O)CCc1ccc2c(c1)OCCO2. The molecule has 0 aromatic heterocycles. The number of amides is 2. The van der Waals surface area contributed by atoms with Crippen LogP contribution in [0.15, 0.2) is 48.5 Å². The molecule has 1 atom stereocenters. The van der Waals surface area contributed by atoms with Crippen LogP contribution in [0.5, 0.6) is 11.5 Å². The fraction of sp³-hybridized carbons (Fsp3) is 0.517. The van der Waals surface area contributed by atoms with Crippen molar-refractivity contribution >= 4 is 11.8 Å². The molecule has 1 N–H and O–H groups in total. The zero-order chi connectivity index (χ0) is 24.5. The standard InChI is InChI=1S/C29H38N2O4/c1-2-25(29(33)30-24-11-7-4-8-12-24)31(18-17-22-9-5-3-6-10-22)28(32)16-14-23-13-15-26-27(21-23)35-20-19-34-26/h3,5-6,9-10,13,15,21,24-25H,2,4,7-8,11-12,14,16-20H2,1H3,(H,30,33)/t25-/m0/s1. The average molecular weight is 479 g/mol. The molecule has 1 aliphatic carbocycles. The van der Waals surface area contributed by atoms with Gasteiger partial charge in [-0.05, 0) is 55.4 Å². The van der Waals surface area contributed by atoms with Gasteiger partial charge in [-0.15, -0.1) is 0 Å². The summed E-state index contributed by atoms with van der Waals surface area (Å²) < 4.78 is 11.3. The van der Waals surface area contributed by atoms with Crippen LogP contribution in [0.1, 0.15) is 63.0 Å². The number of rotatable bonds is 10. The van der Waals surface area contributed by atoms with E-state index in [1.54, 1.807) is 0 Å². The predicted octanol–water partition coefficient (Wildman–Crippen LogP) is 4.69. The summed E-state index contributed by atoms with van der Waals surface area (Å²) >= 11 is 0. The number of fused-ring (bicyclic) bond motifs is 1. The molecule has 2 aromatic rings. The number of aryl methyl sites for hydroxylation is 1. The monoisotopic (exact) mass is 478 g/mol. The summed E-state index contributed by atoms with van der Waals surface area (Å²) in [6, 6.07) is 15.8. The minimum atomic E-state index is -0.451. The Morgan fingerprint density at radius 1 is 0.943 bits per heavy atom. The van der Waals surface area contributed by atoms with Crippen molar-refractivity contribution in [3.8, 4) is 11.5 Å². The minimum Gasteiger partial charge on any atom is -0.486 e. The van der Waals surface area contributed by atoms with Crippen molar-refractivity contribution in [2.24, 2.45) is 0 Å². The van der Waals surface area contributed by atoms with E-state index in [1.807, 2.05) is 48.2 Å². The van der Waals surface area contributed by atoms with Gasteiger partial charge in [0.15, 0.2) is 11.5 Å². The zero-order valence-corrected chi connectivity index (χ0v) is 20.8. The van der Waals surface area contributed by atoms with Crippen LogP contribution in [-0.2, 0) is 22.4 Å². The quantitative estimate of drug-likeness (QED) is 0.538. The summed E-state index contributed by atoms with van der Waals surface area (Å²) in [6.07, 6.45) is 7.90. The van der Waals surface area contributed by atoms with Crippen molar-refractivity contribution in [2.45, 2.75) is 76.8 Å². The maximum atomic E-state index is 13.5. The average Bonchev–Trinajstić information content (AvgIpc) is 2.90. The summed E-state index contributed by atoms with van der Waals surface area (Å²) in [6.45, 7) is 3.62. The van der Waals surface area contributed by atoms with E-state index >= 15 is 0 Å². The van der Waals surface area contributed by atoms with Gasteiger partial charge in [-0.2, -0.15) is 0 Å². The van der Waals surface area contributed by atoms with E-state index in [1.165, 1.54) is 12.0 Å². The number of ether oxygens (including phenoxy) is 2. The molecule has 0 unspecified atom stereocenters. The summed E-state index contributed by atoms with van der Waals surface area (Å²) in [5.41, 5.74) is 2.20. The fourth-order valence-electron chi connectivity index (χ4n) is 5.08. The second kappa shape index (κ2) is 12.6. The van der Waals surface area contributed by atoms with Crippen molar-refractivity contribution in [1.29, 1.82) is 0 Å². The minimum absolute atomic E-state index is 0.0138. The van der Waals surface area contributed by atoms with Crippen molar-refractivity contribution in [3.05, 3.63) is 59.7 Å². The van der Waals surface area contributed by atoms with E-state index in [0.717, 1.165) is 49.2 Å². The molecule has 2 aromatic carbocycles. The van der Waals surface area contributed by atoms with Crippen LogP contribution in [0.2, 0.25) is 0 Å². The number of nitrogens with zero attached hydrogens (tertiary/aromatic N) is 1. The van der Waals surface area contributed by atoms with Gasteiger partial charge in [-0.1, -0.05) is 62.6 Å². The Bertz CT molecular complexity index is 972. The third kappa shape index (κ3) is 7.00. The summed E-state index contributed by atoms with van der Waals surface area (Å²) in [5.74, 6) is 1.49. The highest BCUT2D eigenvalue weighted by Gasteiger charge is 2.29. The second-order valence-corrected chi connectivity index (χ2v) is 9.57. The van der Waals surface area contributed by atoms with Gasteiger partial charge in [-0.25, -0.2) is 0 Å². The number of carbonyl (C=O) groups excluding carboxylic acids is 2. The molecule has 0 spiro atoms. The molecule has 188 valence electrons. The van der Waals surface area contributed by atoms with Crippen molar-refractivity contribution in [1.82, 2.24) is 10.2 Å². The van der Waals surface area contributed by atoms with E-state index in [4.69, 9.17) is 9.47 Å². The van der Waals surface area contributed by atoms with Gasteiger partial charge in [0.05, 0.1) is 0 Å². The Morgan fingerprint density at radius 3 is 2.43 bits per heavy atom. The van der Waals surface area contributed by atoms with Gasteiger partial charge in [-0.3, -0.25) is 9.59 Å². The van der Waals surface area contributed by atoms with Gasteiger partial charge in [0.1, 0.15) is 19.3 Å².